The molecule has 2 aromatic rings. The second-order valence-corrected chi connectivity index (χ2v) is 8.86. The highest BCUT2D eigenvalue weighted by Gasteiger charge is 2.18. The molecule has 0 fully saturated rings. The van der Waals surface area contributed by atoms with Gasteiger partial charge in [0.25, 0.3) is 0 Å². The topological polar surface area (TPSA) is 54.9 Å². The van der Waals surface area contributed by atoms with Crippen LogP contribution in [0.15, 0.2) is 26.9 Å². The molecule has 0 spiro atoms. The number of aryl methyl sites for hydroxylation is 2. The first kappa shape index (κ1) is 17.3. The van der Waals surface area contributed by atoms with Gasteiger partial charge in [-0.15, -0.1) is 10.2 Å². The van der Waals surface area contributed by atoms with Crippen molar-refractivity contribution in [2.24, 2.45) is 0 Å². The average Bonchev–Trinajstić information content (AvgIpc) is 2.90. The van der Waals surface area contributed by atoms with E-state index >= 15 is 0 Å². The van der Waals surface area contributed by atoms with Crippen LogP contribution < -0.4 is 5.32 Å². The molecule has 118 valence electrons. The number of hydrogen-bond donors (Lipinski definition) is 1. The summed E-state index contributed by atoms with van der Waals surface area (Å²) in [6.07, 6.45) is 0. The van der Waals surface area contributed by atoms with E-state index in [0.29, 0.717) is 0 Å². The Bertz CT molecular complexity index is 637. The summed E-state index contributed by atoms with van der Waals surface area (Å²) in [5.74, 6) is 0.962. The second-order valence-electron chi connectivity index (χ2n) is 4.78. The van der Waals surface area contributed by atoms with Gasteiger partial charge in [-0.1, -0.05) is 60.0 Å². The maximum Gasteiger partial charge on any atom is 0.237 e. The van der Waals surface area contributed by atoms with Crippen LogP contribution in [0.1, 0.15) is 25.0 Å². The van der Waals surface area contributed by atoms with Gasteiger partial charge < -0.3 is 5.32 Å². The predicted molar refractivity (Wildman–Crippen MR) is 96.2 cm³/mol. The summed E-state index contributed by atoms with van der Waals surface area (Å²) in [6.45, 7) is 7.97. The largest absolute Gasteiger partial charge is 0.325 e. The molecule has 1 atom stereocenters. The summed E-state index contributed by atoms with van der Waals surface area (Å²) in [5.41, 5.74) is 3.05. The van der Waals surface area contributed by atoms with Crippen LogP contribution in [0.2, 0.25) is 0 Å². The van der Waals surface area contributed by atoms with Gasteiger partial charge in [0, 0.05) is 5.69 Å². The van der Waals surface area contributed by atoms with Crippen LogP contribution in [-0.4, -0.2) is 27.1 Å². The molecule has 1 amide bonds. The number of para-hydroxylation sites is 1. The van der Waals surface area contributed by atoms with Gasteiger partial charge in [0.15, 0.2) is 8.68 Å². The molecule has 7 heteroatoms. The lowest BCUT2D eigenvalue weighted by Gasteiger charge is -2.14. The lowest BCUT2D eigenvalue weighted by Crippen LogP contribution is -2.23. The fraction of sp³-hybridized carbons (Fsp3) is 0.400. The molecule has 22 heavy (non-hydrogen) atoms. The van der Waals surface area contributed by atoms with E-state index in [-0.39, 0.29) is 11.2 Å². The Morgan fingerprint density at radius 3 is 2.55 bits per heavy atom. The first-order chi connectivity index (χ1) is 10.5. The molecule has 2 rings (SSSR count). The van der Waals surface area contributed by atoms with Crippen LogP contribution in [-0.2, 0) is 4.79 Å². The number of rotatable bonds is 6. The van der Waals surface area contributed by atoms with Crippen molar-refractivity contribution in [1.82, 2.24) is 10.2 Å². The molecule has 1 aromatic carbocycles. The van der Waals surface area contributed by atoms with Crippen LogP contribution in [0.3, 0.4) is 0 Å². The van der Waals surface area contributed by atoms with E-state index in [9.17, 15) is 4.79 Å². The SMILES string of the molecule is CCSc1nnc(S[C@H](C)C(=O)Nc2c(C)cccc2C)s1. The summed E-state index contributed by atoms with van der Waals surface area (Å²) in [6, 6.07) is 5.99. The van der Waals surface area contributed by atoms with Crippen molar-refractivity contribution in [2.45, 2.75) is 41.6 Å². The molecule has 0 aliphatic rings. The van der Waals surface area contributed by atoms with Crippen LogP contribution in [0.4, 0.5) is 5.69 Å². The van der Waals surface area contributed by atoms with Crippen LogP contribution in [0.25, 0.3) is 0 Å². The van der Waals surface area contributed by atoms with Gasteiger partial charge in [-0.25, -0.2) is 0 Å². The highest BCUT2D eigenvalue weighted by molar-refractivity contribution is 8.03. The summed E-state index contributed by atoms with van der Waals surface area (Å²) in [4.78, 5) is 12.4. The number of carbonyl (C=O) groups is 1. The number of carbonyl (C=O) groups excluding carboxylic acids is 1. The van der Waals surface area contributed by atoms with Crippen molar-refractivity contribution in [1.29, 1.82) is 0 Å². The highest BCUT2D eigenvalue weighted by Crippen LogP contribution is 2.31. The number of thioether (sulfide) groups is 2. The van der Waals surface area contributed by atoms with Crippen molar-refractivity contribution in [3.8, 4) is 0 Å². The lowest BCUT2D eigenvalue weighted by atomic mass is 10.1. The van der Waals surface area contributed by atoms with Crippen LogP contribution in [0.5, 0.6) is 0 Å². The Labute approximate surface area is 143 Å². The Morgan fingerprint density at radius 1 is 1.27 bits per heavy atom. The first-order valence-corrected chi connectivity index (χ1v) is 9.69. The van der Waals surface area contributed by atoms with Crippen molar-refractivity contribution in [3.63, 3.8) is 0 Å². The molecular weight excluding hydrogens is 334 g/mol. The molecule has 0 saturated heterocycles. The van der Waals surface area contributed by atoms with Crippen molar-refractivity contribution in [3.05, 3.63) is 29.3 Å². The summed E-state index contributed by atoms with van der Waals surface area (Å²) < 4.78 is 1.78. The van der Waals surface area contributed by atoms with Gasteiger partial charge >= 0.3 is 0 Å². The van der Waals surface area contributed by atoms with E-state index in [1.807, 2.05) is 39.0 Å². The minimum atomic E-state index is -0.216. The molecule has 0 aliphatic carbocycles. The van der Waals surface area contributed by atoms with E-state index in [1.54, 1.807) is 11.8 Å². The zero-order valence-corrected chi connectivity index (χ0v) is 15.5. The normalized spacial score (nSPS) is 12.2. The molecule has 0 radical (unpaired) electrons. The zero-order valence-electron chi connectivity index (χ0n) is 13.0. The number of aromatic nitrogens is 2. The molecule has 1 aromatic heterocycles. The zero-order chi connectivity index (χ0) is 16.1. The molecule has 0 bridgehead atoms. The monoisotopic (exact) mass is 353 g/mol. The van der Waals surface area contributed by atoms with E-state index < -0.39 is 0 Å². The molecule has 0 saturated carbocycles. The van der Waals surface area contributed by atoms with Crippen molar-refractivity contribution in [2.75, 3.05) is 11.1 Å². The Kier molecular flexibility index (Phi) is 6.28. The molecule has 1 heterocycles. The van der Waals surface area contributed by atoms with E-state index in [0.717, 1.165) is 31.2 Å². The standard InChI is InChI=1S/C15H19N3OS3/c1-5-20-14-17-18-15(22-14)21-11(4)13(19)16-12-9(2)7-6-8-10(12)3/h6-8,11H,5H2,1-4H3,(H,16,19)/t11-/m1/s1. The van der Waals surface area contributed by atoms with E-state index in [1.165, 1.54) is 23.1 Å². The predicted octanol–water partition coefficient (Wildman–Crippen LogP) is 4.39. The number of nitrogens with zero attached hydrogens (tertiary/aromatic N) is 2. The lowest BCUT2D eigenvalue weighted by molar-refractivity contribution is -0.115. The third kappa shape index (κ3) is 4.47. The van der Waals surface area contributed by atoms with Gasteiger partial charge in [0.2, 0.25) is 5.91 Å². The molecule has 0 unspecified atom stereocenters. The van der Waals surface area contributed by atoms with E-state index in [4.69, 9.17) is 0 Å². The van der Waals surface area contributed by atoms with Crippen LogP contribution in [0, 0.1) is 13.8 Å². The number of amides is 1. The highest BCUT2D eigenvalue weighted by atomic mass is 32.2. The first-order valence-electron chi connectivity index (χ1n) is 7.01. The van der Waals surface area contributed by atoms with Crippen LogP contribution >= 0.6 is 34.9 Å². The number of anilines is 1. The van der Waals surface area contributed by atoms with Gasteiger partial charge in [-0.3, -0.25) is 4.79 Å². The summed E-state index contributed by atoms with van der Waals surface area (Å²) in [7, 11) is 0. The van der Waals surface area contributed by atoms with Gasteiger partial charge in [-0.05, 0) is 37.7 Å². The fourth-order valence-electron chi connectivity index (χ4n) is 1.87. The second kappa shape index (κ2) is 7.99. The molecule has 4 nitrogen and oxygen atoms in total. The van der Waals surface area contributed by atoms with Crippen molar-refractivity contribution < 1.29 is 4.79 Å². The number of nitrogens with one attached hydrogen (secondary N) is 1. The van der Waals surface area contributed by atoms with Crippen molar-refractivity contribution >= 4 is 46.5 Å². The summed E-state index contributed by atoms with van der Waals surface area (Å²) >= 11 is 4.66. The van der Waals surface area contributed by atoms with E-state index in [2.05, 4.69) is 22.4 Å². The average molecular weight is 354 g/mol. The van der Waals surface area contributed by atoms with Gasteiger partial charge in [0.05, 0.1) is 5.25 Å². The molecule has 1 N–H and O–H groups in total. The maximum atomic E-state index is 12.4. The minimum Gasteiger partial charge on any atom is -0.325 e. The quantitative estimate of drug-likeness (QED) is 0.781. The van der Waals surface area contributed by atoms with Gasteiger partial charge in [0.1, 0.15) is 0 Å². The molecule has 0 aliphatic heterocycles. The van der Waals surface area contributed by atoms with Gasteiger partial charge in [-0.2, -0.15) is 0 Å². The smallest absolute Gasteiger partial charge is 0.237 e. The Balaban J connectivity index is 1.99. The maximum absolute atomic E-state index is 12.4. The molecular formula is C15H19N3OS3. The Hall–Kier alpha value is -1.05. The Morgan fingerprint density at radius 2 is 1.91 bits per heavy atom. The summed E-state index contributed by atoms with van der Waals surface area (Å²) in [5, 5.41) is 11.0. The minimum absolute atomic E-state index is 0.0118. The number of hydrogen-bond acceptors (Lipinski definition) is 6. The third-order valence-corrected chi connectivity index (χ3v) is 6.15. The fourth-order valence-corrected chi connectivity index (χ4v) is 4.93. The third-order valence-electron chi connectivity index (χ3n) is 3.03. The number of benzene rings is 1.